The van der Waals surface area contributed by atoms with Gasteiger partial charge in [0.1, 0.15) is 5.75 Å². The Morgan fingerprint density at radius 2 is 2.22 bits per heavy atom. The number of ether oxygens (including phenoxy) is 1. The summed E-state index contributed by atoms with van der Waals surface area (Å²) in [5.74, 6) is 0.606. The average molecular weight is 312 g/mol. The zero-order valence-electron chi connectivity index (χ0n) is 12.8. The van der Waals surface area contributed by atoms with Crippen LogP contribution in [0.5, 0.6) is 5.75 Å². The molecule has 118 valence electrons. The minimum Gasteiger partial charge on any atom is -0.496 e. The molecule has 0 aliphatic heterocycles. The number of benzene rings is 1. The maximum absolute atomic E-state index is 10.9. The number of allylic oxidation sites excluding steroid dienone is 2. The second-order valence-corrected chi connectivity index (χ2v) is 5.30. The Kier molecular flexibility index (Phi) is 3.97. The first-order chi connectivity index (χ1) is 11.1. The van der Waals surface area contributed by atoms with Crippen molar-refractivity contribution in [2.24, 2.45) is 0 Å². The van der Waals surface area contributed by atoms with Crippen LogP contribution in [0.1, 0.15) is 23.8 Å². The molecule has 1 aromatic carbocycles. The number of carboxylic acid groups (broad SMARTS) is 1. The van der Waals surface area contributed by atoms with Gasteiger partial charge in [-0.15, -0.1) is 10.2 Å². The molecule has 1 aliphatic rings. The second kappa shape index (κ2) is 6.08. The summed E-state index contributed by atoms with van der Waals surface area (Å²) in [5, 5.41) is 17.1. The predicted octanol–water partition coefficient (Wildman–Crippen LogP) is 3.11. The van der Waals surface area contributed by atoms with E-state index >= 15 is 0 Å². The highest BCUT2D eigenvalue weighted by Gasteiger charge is 2.20. The van der Waals surface area contributed by atoms with Crippen molar-refractivity contribution in [3.8, 4) is 17.2 Å². The van der Waals surface area contributed by atoms with Crippen molar-refractivity contribution >= 4 is 5.97 Å². The SMILES string of the molecule is COc1cc(-c2nnc(C3C=CC(C(=O)O)=CC3)o2)ccc1C. The van der Waals surface area contributed by atoms with Gasteiger partial charge in [-0.1, -0.05) is 24.3 Å². The minimum atomic E-state index is -0.933. The fourth-order valence-electron chi connectivity index (χ4n) is 2.42. The monoisotopic (exact) mass is 312 g/mol. The normalized spacial score (nSPS) is 17.0. The zero-order valence-corrected chi connectivity index (χ0v) is 12.8. The molecule has 0 bridgehead atoms. The third-order valence-electron chi connectivity index (χ3n) is 3.76. The number of rotatable bonds is 4. The lowest BCUT2D eigenvalue weighted by Crippen LogP contribution is -2.05. The van der Waals surface area contributed by atoms with Crippen LogP contribution in [-0.2, 0) is 4.79 Å². The average Bonchev–Trinajstić information content (AvgIpc) is 3.05. The van der Waals surface area contributed by atoms with Crippen molar-refractivity contribution < 1.29 is 19.1 Å². The van der Waals surface area contributed by atoms with Crippen LogP contribution in [-0.4, -0.2) is 28.4 Å². The largest absolute Gasteiger partial charge is 0.496 e. The number of hydrogen-bond acceptors (Lipinski definition) is 5. The minimum absolute atomic E-state index is 0.105. The Labute approximate surface area is 133 Å². The number of aliphatic carboxylic acids is 1. The molecular formula is C17H16N2O4. The number of methoxy groups -OCH3 is 1. The van der Waals surface area contributed by atoms with E-state index in [4.69, 9.17) is 14.3 Å². The van der Waals surface area contributed by atoms with E-state index < -0.39 is 5.97 Å². The van der Waals surface area contributed by atoms with Gasteiger partial charge in [-0.25, -0.2) is 4.79 Å². The van der Waals surface area contributed by atoms with Crippen LogP contribution < -0.4 is 4.74 Å². The first-order valence-electron chi connectivity index (χ1n) is 7.18. The van der Waals surface area contributed by atoms with E-state index in [2.05, 4.69) is 10.2 Å². The lowest BCUT2D eigenvalue weighted by molar-refractivity contribution is -0.132. The number of aromatic nitrogens is 2. The number of nitrogens with zero attached hydrogens (tertiary/aromatic N) is 2. The molecule has 0 radical (unpaired) electrons. The van der Waals surface area contributed by atoms with Crippen LogP contribution in [0.25, 0.3) is 11.5 Å². The van der Waals surface area contributed by atoms with Gasteiger partial charge in [0.15, 0.2) is 0 Å². The molecule has 6 heteroatoms. The molecule has 2 aromatic rings. The van der Waals surface area contributed by atoms with Gasteiger partial charge in [-0.05, 0) is 31.0 Å². The summed E-state index contributed by atoms with van der Waals surface area (Å²) in [7, 11) is 1.62. The summed E-state index contributed by atoms with van der Waals surface area (Å²) >= 11 is 0. The molecule has 1 N–H and O–H groups in total. The van der Waals surface area contributed by atoms with Crippen LogP contribution in [0.2, 0.25) is 0 Å². The Balaban J connectivity index is 1.82. The van der Waals surface area contributed by atoms with Gasteiger partial charge in [0, 0.05) is 5.56 Å². The predicted molar refractivity (Wildman–Crippen MR) is 83.2 cm³/mol. The van der Waals surface area contributed by atoms with Crippen molar-refractivity contribution in [1.29, 1.82) is 0 Å². The fraction of sp³-hybridized carbons (Fsp3) is 0.235. The summed E-state index contributed by atoms with van der Waals surface area (Å²) in [6.45, 7) is 1.96. The van der Waals surface area contributed by atoms with E-state index in [0.29, 0.717) is 18.2 Å². The van der Waals surface area contributed by atoms with E-state index in [1.807, 2.05) is 25.1 Å². The van der Waals surface area contributed by atoms with Crippen LogP contribution in [0.4, 0.5) is 0 Å². The van der Waals surface area contributed by atoms with Crippen molar-refractivity contribution in [3.63, 3.8) is 0 Å². The Hall–Kier alpha value is -2.89. The highest BCUT2D eigenvalue weighted by molar-refractivity contribution is 5.90. The fourth-order valence-corrected chi connectivity index (χ4v) is 2.42. The molecule has 1 heterocycles. The molecular weight excluding hydrogens is 296 g/mol. The van der Waals surface area contributed by atoms with Crippen molar-refractivity contribution in [1.82, 2.24) is 10.2 Å². The molecule has 1 atom stereocenters. The highest BCUT2D eigenvalue weighted by atomic mass is 16.5. The van der Waals surface area contributed by atoms with Gasteiger partial charge in [-0.2, -0.15) is 0 Å². The first-order valence-corrected chi connectivity index (χ1v) is 7.18. The summed E-state index contributed by atoms with van der Waals surface area (Å²) in [6.07, 6.45) is 5.52. The van der Waals surface area contributed by atoms with Gasteiger partial charge < -0.3 is 14.3 Å². The van der Waals surface area contributed by atoms with Gasteiger partial charge in [0.2, 0.25) is 11.8 Å². The molecule has 1 aromatic heterocycles. The standard InChI is InChI=1S/C17H16N2O4/c1-10-3-4-13(9-14(10)22-2)16-19-18-15(23-16)11-5-7-12(8-6-11)17(20)21/h3-5,7-9,11H,6H2,1-2H3,(H,20,21). The zero-order chi connectivity index (χ0) is 16.4. The molecule has 0 fully saturated rings. The molecule has 23 heavy (non-hydrogen) atoms. The Morgan fingerprint density at radius 3 is 2.87 bits per heavy atom. The molecule has 0 amide bonds. The van der Waals surface area contributed by atoms with Gasteiger partial charge >= 0.3 is 5.97 Å². The summed E-state index contributed by atoms with van der Waals surface area (Å²) < 4.78 is 11.0. The molecule has 3 rings (SSSR count). The maximum atomic E-state index is 10.9. The summed E-state index contributed by atoms with van der Waals surface area (Å²) in [5.41, 5.74) is 2.09. The Bertz CT molecular complexity index is 805. The maximum Gasteiger partial charge on any atom is 0.335 e. The van der Waals surface area contributed by atoms with Crippen LogP contribution in [0.3, 0.4) is 0 Å². The molecule has 0 spiro atoms. The van der Waals surface area contributed by atoms with Gasteiger partial charge in [0.05, 0.1) is 18.6 Å². The smallest absolute Gasteiger partial charge is 0.335 e. The second-order valence-electron chi connectivity index (χ2n) is 5.30. The molecule has 1 unspecified atom stereocenters. The van der Waals surface area contributed by atoms with Crippen LogP contribution in [0.15, 0.2) is 46.4 Å². The first kappa shape index (κ1) is 15.0. The van der Waals surface area contributed by atoms with Gasteiger partial charge in [0.25, 0.3) is 0 Å². The van der Waals surface area contributed by atoms with Crippen LogP contribution in [0, 0.1) is 6.92 Å². The third-order valence-corrected chi connectivity index (χ3v) is 3.76. The highest BCUT2D eigenvalue weighted by Crippen LogP contribution is 2.30. The molecule has 0 saturated heterocycles. The van der Waals surface area contributed by atoms with Crippen LogP contribution >= 0.6 is 0 Å². The van der Waals surface area contributed by atoms with Crippen molar-refractivity contribution in [2.75, 3.05) is 7.11 Å². The van der Waals surface area contributed by atoms with E-state index in [9.17, 15) is 4.79 Å². The van der Waals surface area contributed by atoms with Gasteiger partial charge in [-0.3, -0.25) is 0 Å². The Morgan fingerprint density at radius 1 is 1.39 bits per heavy atom. The van der Waals surface area contributed by atoms with Crippen molar-refractivity contribution in [3.05, 3.63) is 53.5 Å². The van der Waals surface area contributed by atoms with E-state index in [1.165, 1.54) is 0 Å². The lowest BCUT2D eigenvalue weighted by atomic mass is 9.97. The topological polar surface area (TPSA) is 85.5 Å². The third kappa shape index (κ3) is 3.01. The van der Waals surface area contributed by atoms with E-state index in [0.717, 1.165) is 16.9 Å². The number of hydrogen-bond donors (Lipinski definition) is 1. The van der Waals surface area contributed by atoms with E-state index in [-0.39, 0.29) is 11.5 Å². The number of carboxylic acids is 1. The summed E-state index contributed by atoms with van der Waals surface area (Å²) in [4.78, 5) is 10.9. The number of carbonyl (C=O) groups is 1. The lowest BCUT2D eigenvalue weighted by Gasteiger charge is -2.10. The summed E-state index contributed by atoms with van der Waals surface area (Å²) in [6, 6.07) is 5.68. The number of aryl methyl sites for hydroxylation is 1. The van der Waals surface area contributed by atoms with E-state index in [1.54, 1.807) is 25.3 Å². The quantitative estimate of drug-likeness (QED) is 0.933. The molecule has 1 aliphatic carbocycles. The molecule has 6 nitrogen and oxygen atoms in total. The molecule has 0 saturated carbocycles. The van der Waals surface area contributed by atoms with Crippen molar-refractivity contribution in [2.45, 2.75) is 19.3 Å².